The van der Waals surface area contributed by atoms with Crippen LogP contribution in [0.5, 0.6) is 0 Å². The molecule has 0 fully saturated rings. The van der Waals surface area contributed by atoms with Crippen molar-refractivity contribution in [2.45, 2.75) is 6.61 Å². The van der Waals surface area contributed by atoms with Gasteiger partial charge in [0.1, 0.15) is 6.61 Å². The van der Waals surface area contributed by atoms with Crippen LogP contribution in [0, 0.1) is 5.21 Å². The number of halogens is 1. The van der Waals surface area contributed by atoms with Crippen LogP contribution in [0.3, 0.4) is 0 Å². The lowest BCUT2D eigenvalue weighted by Gasteiger charge is -2.00. The van der Waals surface area contributed by atoms with Gasteiger partial charge in [-0.25, -0.2) is 0 Å². The zero-order valence-electron chi connectivity index (χ0n) is 9.49. The lowest BCUT2D eigenvalue weighted by Crippen LogP contribution is -1.94. The second kappa shape index (κ2) is 6.16. The summed E-state index contributed by atoms with van der Waals surface area (Å²) >= 11 is 3.29. The Morgan fingerprint density at radius 3 is 2.61 bits per heavy atom. The summed E-state index contributed by atoms with van der Waals surface area (Å²) < 4.78 is 0.819. The van der Waals surface area contributed by atoms with Crippen molar-refractivity contribution in [2.75, 3.05) is 0 Å². The van der Waals surface area contributed by atoms with Crippen LogP contribution in [0.1, 0.15) is 5.56 Å². The molecule has 0 amide bonds. The minimum absolute atomic E-state index is 0.271. The smallest absolute Gasteiger partial charge is 0.249 e. The van der Waals surface area contributed by atoms with E-state index in [0.717, 1.165) is 10.0 Å². The van der Waals surface area contributed by atoms with Crippen molar-refractivity contribution >= 4 is 21.6 Å². The maximum absolute atomic E-state index is 11.6. The molecule has 0 saturated carbocycles. The predicted molar refractivity (Wildman–Crippen MR) is 71.1 cm³/mol. The summed E-state index contributed by atoms with van der Waals surface area (Å²) in [7, 11) is 0. The van der Waals surface area contributed by atoms with Crippen LogP contribution >= 0.6 is 15.9 Å². The molecule has 4 nitrogen and oxygen atoms in total. The highest BCUT2D eigenvalue weighted by molar-refractivity contribution is 9.10. The van der Waals surface area contributed by atoms with E-state index in [4.69, 9.17) is 4.84 Å². The van der Waals surface area contributed by atoms with E-state index < -0.39 is 0 Å². The second-order valence-electron chi connectivity index (χ2n) is 3.59. The van der Waals surface area contributed by atoms with Gasteiger partial charge in [-0.2, -0.15) is 0 Å². The molecule has 0 aliphatic rings. The average Bonchev–Trinajstić information content (AvgIpc) is 2.40. The molecule has 0 heterocycles. The van der Waals surface area contributed by atoms with Gasteiger partial charge >= 0.3 is 0 Å². The van der Waals surface area contributed by atoms with Crippen LogP contribution in [-0.2, 0) is 11.4 Å². The van der Waals surface area contributed by atoms with Crippen LogP contribution < -0.4 is 0 Å². The van der Waals surface area contributed by atoms with Crippen LogP contribution in [0.4, 0.5) is 5.69 Å². The Hall–Kier alpha value is -1.88. The van der Waals surface area contributed by atoms with E-state index in [2.05, 4.69) is 21.2 Å². The van der Waals surface area contributed by atoms with Crippen molar-refractivity contribution in [3.63, 3.8) is 0 Å². The van der Waals surface area contributed by atoms with Crippen molar-refractivity contribution in [1.82, 2.24) is 0 Å². The first-order chi connectivity index (χ1) is 8.75. The Morgan fingerprint density at radius 1 is 1.11 bits per heavy atom. The summed E-state index contributed by atoms with van der Waals surface area (Å²) in [5.74, 6) is 0. The maximum atomic E-state index is 11.6. The molecule has 2 aromatic rings. The number of hydrogen-bond acceptors (Lipinski definition) is 3. The SMILES string of the molecule is [O-]/[N+](=N\OCc1ccccc1)c1cccc(Br)c1. The van der Waals surface area contributed by atoms with Gasteiger partial charge in [0.15, 0.2) is 0 Å². The Bertz CT molecular complexity index is 544. The van der Waals surface area contributed by atoms with Crippen molar-refractivity contribution in [3.8, 4) is 0 Å². The number of nitrogens with zero attached hydrogens (tertiary/aromatic N) is 2. The molecular weight excluding hydrogens is 296 g/mol. The van der Waals surface area contributed by atoms with Crippen LogP contribution in [0.2, 0.25) is 0 Å². The fourth-order valence-corrected chi connectivity index (χ4v) is 1.76. The van der Waals surface area contributed by atoms with Crippen LogP contribution in [-0.4, -0.2) is 4.86 Å². The third-order valence-electron chi connectivity index (χ3n) is 2.24. The van der Waals surface area contributed by atoms with Gasteiger partial charge in [-0.3, -0.25) is 0 Å². The molecular formula is C13H11BrN2O2. The van der Waals surface area contributed by atoms with Crippen molar-refractivity contribution in [3.05, 3.63) is 69.8 Å². The molecule has 0 aliphatic heterocycles. The Labute approximate surface area is 113 Å². The molecule has 2 aromatic carbocycles. The fraction of sp³-hybridized carbons (Fsp3) is 0.0769. The van der Waals surface area contributed by atoms with E-state index >= 15 is 0 Å². The molecule has 2 rings (SSSR count). The van der Waals surface area contributed by atoms with Gasteiger partial charge in [0, 0.05) is 16.6 Å². The summed E-state index contributed by atoms with van der Waals surface area (Å²) in [6, 6.07) is 16.5. The summed E-state index contributed by atoms with van der Waals surface area (Å²) in [4.78, 5) is 5.45. The molecule has 0 saturated heterocycles. The van der Waals surface area contributed by atoms with Crippen LogP contribution in [0.25, 0.3) is 0 Å². The van der Waals surface area contributed by atoms with E-state index in [1.165, 1.54) is 0 Å². The van der Waals surface area contributed by atoms with Gasteiger partial charge in [0.25, 0.3) is 0 Å². The maximum Gasteiger partial charge on any atom is 0.249 e. The summed E-state index contributed by atoms with van der Waals surface area (Å²) in [5.41, 5.74) is 1.38. The predicted octanol–water partition coefficient (Wildman–Crippen LogP) is 4.17. The lowest BCUT2D eigenvalue weighted by molar-refractivity contribution is -0.480. The molecule has 0 aromatic heterocycles. The standard InChI is InChI=1S/C13H11BrN2O2/c14-12-7-4-8-13(9-12)16(17)15-18-10-11-5-2-1-3-6-11/h1-9H,10H2/b16-15-. The molecule has 0 N–H and O–H groups in total. The average molecular weight is 307 g/mol. The van der Waals surface area contributed by atoms with E-state index in [1.54, 1.807) is 18.2 Å². The highest BCUT2D eigenvalue weighted by Gasteiger charge is 2.04. The highest BCUT2D eigenvalue weighted by Crippen LogP contribution is 2.18. The quantitative estimate of drug-likeness (QED) is 0.483. The zero-order chi connectivity index (χ0) is 12.8. The van der Waals surface area contributed by atoms with Gasteiger partial charge in [-0.15, -0.1) is 0 Å². The normalized spacial score (nSPS) is 11.3. The molecule has 0 spiro atoms. The molecule has 0 atom stereocenters. The molecule has 0 radical (unpaired) electrons. The number of benzene rings is 2. The van der Waals surface area contributed by atoms with E-state index in [0.29, 0.717) is 10.5 Å². The van der Waals surface area contributed by atoms with Gasteiger partial charge in [-0.1, -0.05) is 52.3 Å². The third-order valence-corrected chi connectivity index (χ3v) is 2.73. The molecule has 0 bridgehead atoms. The number of hydrogen-bond donors (Lipinski definition) is 0. The molecule has 18 heavy (non-hydrogen) atoms. The first-order valence-electron chi connectivity index (χ1n) is 5.35. The summed E-state index contributed by atoms with van der Waals surface area (Å²) in [6.07, 6.45) is 0. The monoisotopic (exact) mass is 306 g/mol. The Morgan fingerprint density at radius 2 is 1.89 bits per heavy atom. The van der Waals surface area contributed by atoms with Crippen LogP contribution in [0.15, 0.2) is 64.3 Å². The minimum atomic E-state index is 0.271. The highest BCUT2D eigenvalue weighted by atomic mass is 79.9. The van der Waals surface area contributed by atoms with E-state index in [9.17, 15) is 5.21 Å². The van der Waals surface area contributed by atoms with Gasteiger partial charge < -0.3 is 10.0 Å². The fourth-order valence-electron chi connectivity index (χ4n) is 1.37. The summed E-state index contributed by atoms with van der Waals surface area (Å²) in [6.45, 7) is 0.271. The van der Waals surface area contributed by atoms with E-state index in [-0.39, 0.29) is 6.61 Å². The van der Waals surface area contributed by atoms with Crippen molar-refractivity contribution < 1.29 is 9.70 Å². The first-order valence-corrected chi connectivity index (χ1v) is 6.15. The van der Waals surface area contributed by atoms with Crippen molar-refractivity contribution in [1.29, 1.82) is 0 Å². The molecule has 5 heteroatoms. The van der Waals surface area contributed by atoms with Gasteiger partial charge in [-0.05, 0) is 16.5 Å². The number of rotatable bonds is 4. The zero-order valence-corrected chi connectivity index (χ0v) is 11.1. The first kappa shape index (κ1) is 12.6. The minimum Gasteiger partial charge on any atom is -0.592 e. The largest absolute Gasteiger partial charge is 0.592 e. The second-order valence-corrected chi connectivity index (χ2v) is 4.51. The molecule has 92 valence electrons. The Balaban J connectivity index is 1.97. The van der Waals surface area contributed by atoms with Crippen molar-refractivity contribution in [2.24, 2.45) is 5.28 Å². The molecule has 0 aliphatic carbocycles. The third kappa shape index (κ3) is 3.56. The van der Waals surface area contributed by atoms with Gasteiger partial charge in [0.2, 0.25) is 11.0 Å². The Kier molecular flexibility index (Phi) is 4.30. The topological polar surface area (TPSA) is 47.7 Å². The summed E-state index contributed by atoms with van der Waals surface area (Å²) in [5, 5.41) is 15.1. The van der Waals surface area contributed by atoms with E-state index in [1.807, 2.05) is 36.4 Å². The molecule has 0 unspecified atom stereocenters. The lowest BCUT2D eigenvalue weighted by atomic mass is 10.2. The van der Waals surface area contributed by atoms with Gasteiger partial charge in [0.05, 0.1) is 0 Å².